The highest BCUT2D eigenvalue weighted by molar-refractivity contribution is 6.00. The van der Waals surface area contributed by atoms with E-state index in [0.29, 0.717) is 30.9 Å². The lowest BCUT2D eigenvalue weighted by Crippen LogP contribution is -2.31. The first-order chi connectivity index (χ1) is 9.17. The van der Waals surface area contributed by atoms with E-state index in [0.717, 1.165) is 10.9 Å². The summed E-state index contributed by atoms with van der Waals surface area (Å²) >= 11 is 0. The van der Waals surface area contributed by atoms with Crippen LogP contribution in [0.1, 0.15) is 23.8 Å². The van der Waals surface area contributed by atoms with E-state index in [-0.39, 0.29) is 5.91 Å². The van der Waals surface area contributed by atoms with Crippen molar-refractivity contribution < 1.29 is 4.79 Å². The van der Waals surface area contributed by atoms with Crippen molar-refractivity contribution >= 4 is 22.5 Å². The molecule has 5 heteroatoms. The molecule has 0 atom stereocenters. The second-order valence-corrected chi connectivity index (χ2v) is 4.29. The number of nitriles is 1. The maximum Gasteiger partial charge on any atom is 0.270 e. The fourth-order valence-corrected chi connectivity index (χ4v) is 2.05. The number of carbonyl (C=O) groups is 1. The quantitative estimate of drug-likeness (QED) is 0.821. The highest BCUT2D eigenvalue weighted by atomic mass is 16.2. The largest absolute Gasteiger partial charge is 0.397 e. The molecule has 1 amide bonds. The number of rotatable bonds is 4. The van der Waals surface area contributed by atoms with Crippen molar-refractivity contribution in [1.29, 1.82) is 5.26 Å². The lowest BCUT2D eigenvalue weighted by molar-refractivity contribution is 0.0763. The summed E-state index contributed by atoms with van der Waals surface area (Å²) in [6.45, 7) is 2.91. The van der Waals surface area contributed by atoms with Gasteiger partial charge < -0.3 is 15.6 Å². The van der Waals surface area contributed by atoms with Gasteiger partial charge in [-0.1, -0.05) is 12.1 Å². The number of amides is 1. The van der Waals surface area contributed by atoms with Crippen LogP contribution in [0.2, 0.25) is 0 Å². The van der Waals surface area contributed by atoms with Gasteiger partial charge in [0.2, 0.25) is 0 Å². The van der Waals surface area contributed by atoms with Crippen LogP contribution in [0.4, 0.5) is 5.69 Å². The maximum atomic E-state index is 12.3. The highest BCUT2D eigenvalue weighted by Crippen LogP contribution is 2.21. The Hall–Kier alpha value is -2.48. The minimum absolute atomic E-state index is 0.103. The zero-order valence-corrected chi connectivity index (χ0v) is 10.8. The van der Waals surface area contributed by atoms with E-state index in [9.17, 15) is 4.79 Å². The Kier molecular flexibility index (Phi) is 3.71. The molecule has 3 N–H and O–H groups in total. The van der Waals surface area contributed by atoms with Crippen molar-refractivity contribution in [3.8, 4) is 6.07 Å². The van der Waals surface area contributed by atoms with Gasteiger partial charge in [-0.05, 0) is 19.1 Å². The fraction of sp³-hybridized carbons (Fsp3) is 0.286. The third kappa shape index (κ3) is 2.52. The van der Waals surface area contributed by atoms with E-state index < -0.39 is 0 Å². The Labute approximate surface area is 111 Å². The summed E-state index contributed by atoms with van der Waals surface area (Å²) < 4.78 is 0. The topological polar surface area (TPSA) is 85.9 Å². The summed E-state index contributed by atoms with van der Waals surface area (Å²) in [4.78, 5) is 17.0. The van der Waals surface area contributed by atoms with Crippen molar-refractivity contribution in [3.63, 3.8) is 0 Å². The number of nitrogen functional groups attached to an aromatic ring is 1. The van der Waals surface area contributed by atoms with Gasteiger partial charge in [-0.2, -0.15) is 5.26 Å². The molecular formula is C14H16N4O. The number of para-hydroxylation sites is 1. The molecule has 0 saturated carbocycles. The second kappa shape index (κ2) is 5.44. The van der Waals surface area contributed by atoms with Gasteiger partial charge in [0.15, 0.2) is 0 Å². The number of nitrogens with two attached hydrogens (primary N) is 1. The van der Waals surface area contributed by atoms with Crippen LogP contribution in [-0.2, 0) is 0 Å². The number of benzene rings is 1. The summed E-state index contributed by atoms with van der Waals surface area (Å²) in [5.41, 5.74) is 7.77. The number of H-pyrrole nitrogens is 1. The van der Waals surface area contributed by atoms with Crippen molar-refractivity contribution in [3.05, 3.63) is 30.0 Å². The molecule has 98 valence electrons. The van der Waals surface area contributed by atoms with Crippen LogP contribution in [0.5, 0.6) is 0 Å². The standard InChI is InChI=1S/C14H16N4O/c1-2-18(8-4-7-15)14(19)12-9-10-5-3-6-11(16)13(10)17-12/h3,5-6,9,17H,2,4,8,16H2,1H3. The van der Waals surface area contributed by atoms with Crippen LogP contribution in [0.15, 0.2) is 24.3 Å². The van der Waals surface area contributed by atoms with Crippen molar-refractivity contribution in [2.45, 2.75) is 13.3 Å². The number of aromatic nitrogens is 1. The third-order valence-electron chi connectivity index (χ3n) is 3.08. The van der Waals surface area contributed by atoms with E-state index in [2.05, 4.69) is 11.1 Å². The zero-order valence-electron chi connectivity index (χ0n) is 10.8. The molecule has 0 unspecified atom stereocenters. The maximum absolute atomic E-state index is 12.3. The smallest absolute Gasteiger partial charge is 0.270 e. The second-order valence-electron chi connectivity index (χ2n) is 4.29. The monoisotopic (exact) mass is 256 g/mol. The van der Waals surface area contributed by atoms with Gasteiger partial charge in [0.25, 0.3) is 5.91 Å². The van der Waals surface area contributed by atoms with Gasteiger partial charge in [0.05, 0.1) is 23.7 Å². The van der Waals surface area contributed by atoms with Gasteiger partial charge in [0, 0.05) is 18.5 Å². The molecule has 19 heavy (non-hydrogen) atoms. The molecule has 1 heterocycles. The van der Waals surface area contributed by atoms with Crippen LogP contribution in [0.3, 0.4) is 0 Å². The van der Waals surface area contributed by atoms with E-state index in [1.165, 1.54) is 0 Å². The molecule has 2 aromatic rings. The number of aromatic amines is 1. The van der Waals surface area contributed by atoms with Gasteiger partial charge in [-0.15, -0.1) is 0 Å². The summed E-state index contributed by atoms with van der Waals surface area (Å²) in [6, 6.07) is 9.40. The highest BCUT2D eigenvalue weighted by Gasteiger charge is 2.16. The molecule has 0 aliphatic heterocycles. The predicted molar refractivity (Wildman–Crippen MR) is 74.5 cm³/mol. The molecule has 0 spiro atoms. The lowest BCUT2D eigenvalue weighted by atomic mass is 10.2. The lowest BCUT2D eigenvalue weighted by Gasteiger charge is -2.18. The van der Waals surface area contributed by atoms with E-state index in [1.54, 1.807) is 17.0 Å². The first-order valence-corrected chi connectivity index (χ1v) is 6.20. The summed E-state index contributed by atoms with van der Waals surface area (Å²) in [6.07, 6.45) is 0.335. The van der Waals surface area contributed by atoms with Gasteiger partial charge in [-0.3, -0.25) is 4.79 Å². The normalized spacial score (nSPS) is 10.3. The van der Waals surface area contributed by atoms with Crippen molar-refractivity contribution in [2.75, 3.05) is 18.8 Å². The molecule has 0 fully saturated rings. The first-order valence-electron chi connectivity index (χ1n) is 6.20. The number of hydrogen-bond donors (Lipinski definition) is 2. The van der Waals surface area contributed by atoms with E-state index in [4.69, 9.17) is 11.0 Å². The Balaban J connectivity index is 2.30. The number of nitrogens with one attached hydrogen (secondary N) is 1. The van der Waals surface area contributed by atoms with Crippen LogP contribution >= 0.6 is 0 Å². The average Bonchev–Trinajstić information content (AvgIpc) is 2.85. The summed E-state index contributed by atoms with van der Waals surface area (Å²) in [5.74, 6) is -0.103. The molecule has 2 rings (SSSR count). The Bertz CT molecular complexity index is 638. The summed E-state index contributed by atoms with van der Waals surface area (Å²) in [5, 5.41) is 9.52. The van der Waals surface area contributed by atoms with Crippen LogP contribution in [-0.4, -0.2) is 28.9 Å². The van der Waals surface area contributed by atoms with Crippen molar-refractivity contribution in [1.82, 2.24) is 9.88 Å². The SMILES string of the molecule is CCN(CCC#N)C(=O)c1cc2cccc(N)c2[nH]1. The molecule has 1 aromatic heterocycles. The van der Waals surface area contributed by atoms with Crippen LogP contribution in [0.25, 0.3) is 10.9 Å². The average molecular weight is 256 g/mol. The zero-order chi connectivity index (χ0) is 13.8. The van der Waals surface area contributed by atoms with E-state index in [1.807, 2.05) is 19.1 Å². The molecule has 0 radical (unpaired) electrons. The summed E-state index contributed by atoms with van der Waals surface area (Å²) in [7, 11) is 0. The Morgan fingerprint density at radius 1 is 1.53 bits per heavy atom. The van der Waals surface area contributed by atoms with Crippen molar-refractivity contribution in [2.24, 2.45) is 0 Å². The third-order valence-corrected chi connectivity index (χ3v) is 3.08. The molecule has 1 aromatic carbocycles. The van der Waals surface area contributed by atoms with Crippen LogP contribution in [0, 0.1) is 11.3 Å². The number of hydrogen-bond acceptors (Lipinski definition) is 3. The Morgan fingerprint density at radius 3 is 2.95 bits per heavy atom. The number of carbonyl (C=O) groups excluding carboxylic acids is 1. The number of anilines is 1. The van der Waals surface area contributed by atoms with Gasteiger partial charge in [-0.25, -0.2) is 0 Å². The van der Waals surface area contributed by atoms with Gasteiger partial charge >= 0.3 is 0 Å². The first kappa shape index (κ1) is 13.0. The molecule has 0 aliphatic rings. The molecule has 0 bridgehead atoms. The molecule has 5 nitrogen and oxygen atoms in total. The number of fused-ring (bicyclic) bond motifs is 1. The molecule has 0 aliphatic carbocycles. The van der Waals surface area contributed by atoms with Gasteiger partial charge in [0.1, 0.15) is 5.69 Å². The van der Waals surface area contributed by atoms with Crippen LogP contribution < -0.4 is 5.73 Å². The minimum Gasteiger partial charge on any atom is -0.397 e. The predicted octanol–water partition coefficient (Wildman–Crippen LogP) is 2.13. The van der Waals surface area contributed by atoms with E-state index >= 15 is 0 Å². The fourth-order valence-electron chi connectivity index (χ4n) is 2.05. The number of nitrogens with zero attached hydrogens (tertiary/aromatic N) is 2. The molecule has 0 saturated heterocycles. The minimum atomic E-state index is -0.103. The Morgan fingerprint density at radius 2 is 2.32 bits per heavy atom. The molecular weight excluding hydrogens is 240 g/mol.